The summed E-state index contributed by atoms with van der Waals surface area (Å²) in [7, 11) is 0. The van der Waals surface area contributed by atoms with E-state index in [9.17, 15) is 33.9 Å². The van der Waals surface area contributed by atoms with Gasteiger partial charge >= 0.3 is 17.9 Å². The Morgan fingerprint density at radius 3 is 1.63 bits per heavy atom. The number of carbonyl (C=O) groups excluding carboxylic acids is 4. The Kier molecular flexibility index (Phi) is 16.8. The molecule has 38 heavy (non-hydrogen) atoms. The number of aliphatic carboxylic acids is 2. The minimum atomic E-state index is -1.25. The SMILES string of the molecule is O=C=C(CCCCCCCCCCCCCCCC(=O)O)N[C@@H](CCC(=O)ON1C(=O)C=CC1=O)C(=O)O. The second-order valence-electron chi connectivity index (χ2n) is 9.41. The predicted octanol–water partition coefficient (Wildman–Crippen LogP) is 3.84. The number of carboxylic acid groups (broad SMARTS) is 2. The molecule has 0 aliphatic carbocycles. The fraction of sp³-hybridized carbons (Fsp3) is 0.667. The van der Waals surface area contributed by atoms with Crippen LogP contribution in [0.2, 0.25) is 0 Å². The fourth-order valence-corrected chi connectivity index (χ4v) is 4.03. The first-order chi connectivity index (χ1) is 18.2. The van der Waals surface area contributed by atoms with Crippen LogP contribution < -0.4 is 5.32 Å². The van der Waals surface area contributed by atoms with Gasteiger partial charge in [-0.25, -0.2) is 14.4 Å². The van der Waals surface area contributed by atoms with Crippen molar-refractivity contribution >= 4 is 35.7 Å². The Labute approximate surface area is 223 Å². The summed E-state index contributed by atoms with van der Waals surface area (Å²) in [5, 5.41) is 20.9. The molecule has 2 amide bonds. The number of imide groups is 1. The van der Waals surface area contributed by atoms with E-state index in [2.05, 4.69) is 10.2 Å². The second-order valence-corrected chi connectivity index (χ2v) is 9.41. The summed E-state index contributed by atoms with van der Waals surface area (Å²) < 4.78 is 0. The number of hydrogen-bond donors (Lipinski definition) is 3. The molecule has 3 N–H and O–H groups in total. The first-order valence-corrected chi connectivity index (χ1v) is 13.5. The van der Waals surface area contributed by atoms with Gasteiger partial charge in [-0.2, -0.15) is 0 Å². The molecule has 0 spiro atoms. The molecule has 0 unspecified atom stereocenters. The molecule has 1 atom stereocenters. The molecule has 11 nitrogen and oxygen atoms in total. The predicted molar refractivity (Wildman–Crippen MR) is 137 cm³/mol. The van der Waals surface area contributed by atoms with Gasteiger partial charge in [0, 0.05) is 18.6 Å². The lowest BCUT2D eigenvalue weighted by Gasteiger charge is -2.17. The average Bonchev–Trinajstić information content (AvgIpc) is 3.19. The van der Waals surface area contributed by atoms with Crippen LogP contribution in [0.15, 0.2) is 17.8 Å². The van der Waals surface area contributed by atoms with Gasteiger partial charge in [0.2, 0.25) is 0 Å². The number of amides is 2. The smallest absolute Gasteiger partial charge is 0.333 e. The molecule has 0 saturated heterocycles. The van der Waals surface area contributed by atoms with Gasteiger partial charge < -0.3 is 20.4 Å². The van der Waals surface area contributed by atoms with E-state index in [0.29, 0.717) is 17.9 Å². The van der Waals surface area contributed by atoms with E-state index in [4.69, 9.17) is 5.11 Å². The van der Waals surface area contributed by atoms with Crippen molar-refractivity contribution in [2.24, 2.45) is 0 Å². The summed E-state index contributed by atoms with van der Waals surface area (Å²) in [4.78, 5) is 72.6. The highest BCUT2D eigenvalue weighted by atomic mass is 16.7. The number of carboxylic acids is 2. The van der Waals surface area contributed by atoms with Gasteiger partial charge in [-0.15, -0.1) is 0 Å². The quantitative estimate of drug-likeness (QED) is 0.0991. The number of nitrogens with zero attached hydrogens (tertiary/aromatic N) is 1. The van der Waals surface area contributed by atoms with E-state index in [-0.39, 0.29) is 25.0 Å². The van der Waals surface area contributed by atoms with Crippen LogP contribution in [0.3, 0.4) is 0 Å². The van der Waals surface area contributed by atoms with E-state index >= 15 is 0 Å². The molecule has 0 aromatic carbocycles. The lowest BCUT2D eigenvalue weighted by molar-refractivity contribution is -0.196. The molecule has 0 aromatic heterocycles. The molecule has 212 valence electrons. The zero-order chi connectivity index (χ0) is 28.2. The number of hydroxylamine groups is 2. The number of hydrogen-bond acceptors (Lipinski definition) is 8. The van der Waals surface area contributed by atoms with Crippen molar-refractivity contribution in [2.75, 3.05) is 0 Å². The largest absolute Gasteiger partial charge is 0.481 e. The van der Waals surface area contributed by atoms with E-state index in [1.54, 1.807) is 5.94 Å². The Balaban J connectivity index is 2.10. The van der Waals surface area contributed by atoms with Crippen molar-refractivity contribution in [3.8, 4) is 0 Å². The third kappa shape index (κ3) is 14.9. The van der Waals surface area contributed by atoms with Crippen molar-refractivity contribution in [2.45, 2.75) is 115 Å². The Morgan fingerprint density at radius 2 is 1.21 bits per heavy atom. The number of unbranched alkanes of at least 4 members (excludes halogenated alkanes) is 12. The minimum Gasteiger partial charge on any atom is -0.481 e. The van der Waals surface area contributed by atoms with E-state index < -0.39 is 35.8 Å². The van der Waals surface area contributed by atoms with Gasteiger partial charge in [0.1, 0.15) is 12.0 Å². The van der Waals surface area contributed by atoms with Crippen molar-refractivity contribution in [1.29, 1.82) is 0 Å². The highest BCUT2D eigenvalue weighted by molar-refractivity contribution is 6.12. The summed E-state index contributed by atoms with van der Waals surface area (Å²) in [6.07, 6.45) is 15.6. The summed E-state index contributed by atoms with van der Waals surface area (Å²) in [6, 6.07) is -1.22. The van der Waals surface area contributed by atoms with Gasteiger partial charge in [-0.3, -0.25) is 14.4 Å². The van der Waals surface area contributed by atoms with Gasteiger partial charge in [0.25, 0.3) is 11.8 Å². The summed E-state index contributed by atoms with van der Waals surface area (Å²) in [6.45, 7) is 0. The lowest BCUT2D eigenvalue weighted by atomic mass is 10.0. The van der Waals surface area contributed by atoms with Crippen molar-refractivity contribution in [1.82, 2.24) is 10.4 Å². The molecular weight excluding hydrogens is 496 g/mol. The standard InChI is InChI=1S/C27H40N2O9/c30-20-21(14-12-10-8-6-4-2-1-3-5-7-9-11-13-15-25(33)34)28-22(27(36)37)16-19-26(35)38-29-23(31)17-18-24(29)32/h17-18,22,28H,1-16,19H2,(H,33,34)(H,36,37)/t22-/m0/s1. The normalized spacial score (nSPS) is 13.3. The highest BCUT2D eigenvalue weighted by Crippen LogP contribution is 2.15. The van der Waals surface area contributed by atoms with Crippen LogP contribution in [0.4, 0.5) is 0 Å². The monoisotopic (exact) mass is 536 g/mol. The Bertz CT molecular complexity index is 860. The fourth-order valence-electron chi connectivity index (χ4n) is 4.03. The minimum absolute atomic E-state index is 0.128. The number of allylic oxidation sites excluding steroid dienone is 1. The van der Waals surface area contributed by atoms with Crippen molar-refractivity contribution in [3.05, 3.63) is 17.8 Å². The van der Waals surface area contributed by atoms with Crippen LogP contribution in [0, 0.1) is 0 Å². The lowest BCUT2D eigenvalue weighted by Crippen LogP contribution is -2.38. The third-order valence-corrected chi connectivity index (χ3v) is 6.19. The maximum atomic E-state index is 11.9. The van der Waals surface area contributed by atoms with E-state index in [1.807, 2.05) is 0 Å². The zero-order valence-corrected chi connectivity index (χ0v) is 22.0. The number of carbonyl (C=O) groups is 5. The summed E-state index contributed by atoms with van der Waals surface area (Å²) >= 11 is 0. The molecule has 1 aliphatic rings. The summed E-state index contributed by atoms with van der Waals surface area (Å²) in [5.41, 5.74) is 0.128. The first-order valence-electron chi connectivity index (χ1n) is 13.5. The van der Waals surface area contributed by atoms with Crippen LogP contribution in [-0.4, -0.2) is 57.0 Å². The highest BCUT2D eigenvalue weighted by Gasteiger charge is 2.28. The first kappa shape index (κ1) is 32.6. The van der Waals surface area contributed by atoms with Gasteiger partial charge in [-0.05, 0) is 25.7 Å². The molecule has 0 fully saturated rings. The van der Waals surface area contributed by atoms with Crippen molar-refractivity contribution < 1.29 is 43.8 Å². The summed E-state index contributed by atoms with van der Waals surface area (Å²) in [5.74, 6) is -2.75. The third-order valence-electron chi connectivity index (χ3n) is 6.19. The molecule has 0 aromatic rings. The van der Waals surface area contributed by atoms with Crippen LogP contribution in [0.1, 0.15) is 109 Å². The average molecular weight is 537 g/mol. The van der Waals surface area contributed by atoms with Gasteiger partial charge in [0.05, 0.1) is 12.1 Å². The number of rotatable bonds is 23. The second kappa shape index (κ2) is 19.6. The maximum absolute atomic E-state index is 11.9. The van der Waals surface area contributed by atoms with Crippen LogP contribution in [0.5, 0.6) is 0 Å². The van der Waals surface area contributed by atoms with Crippen LogP contribution in [0.25, 0.3) is 0 Å². The molecule has 11 heteroatoms. The van der Waals surface area contributed by atoms with E-state index in [0.717, 1.165) is 63.5 Å². The van der Waals surface area contributed by atoms with Crippen LogP contribution >= 0.6 is 0 Å². The topological polar surface area (TPSA) is 167 Å². The maximum Gasteiger partial charge on any atom is 0.333 e. The van der Waals surface area contributed by atoms with Crippen LogP contribution in [-0.2, 0) is 33.6 Å². The molecule has 1 rings (SSSR count). The molecular formula is C27H40N2O9. The molecule has 0 radical (unpaired) electrons. The van der Waals surface area contributed by atoms with Gasteiger partial charge in [-0.1, -0.05) is 75.7 Å². The van der Waals surface area contributed by atoms with E-state index in [1.165, 1.54) is 25.7 Å². The molecule has 1 heterocycles. The molecule has 0 saturated carbocycles. The zero-order valence-electron chi connectivity index (χ0n) is 22.0. The van der Waals surface area contributed by atoms with Crippen molar-refractivity contribution in [3.63, 3.8) is 0 Å². The Hall–Kier alpha value is -3.46. The number of nitrogens with one attached hydrogen (secondary N) is 1. The molecule has 1 aliphatic heterocycles. The Morgan fingerprint density at radius 1 is 0.763 bits per heavy atom. The van der Waals surface area contributed by atoms with Gasteiger partial charge in [0.15, 0.2) is 0 Å². The molecule has 0 bridgehead atoms.